The molecule has 1 aromatic rings. The van der Waals surface area contributed by atoms with Gasteiger partial charge in [-0.25, -0.2) is 4.98 Å². The smallest absolute Gasteiger partial charge is 0.305 e. The summed E-state index contributed by atoms with van der Waals surface area (Å²) in [6.07, 6.45) is 9.55. The molecular weight excluding hydrogens is 349 g/mol. The molecule has 1 heterocycles. The van der Waals surface area contributed by atoms with E-state index in [1.807, 2.05) is 6.92 Å². The highest BCUT2D eigenvalue weighted by molar-refractivity contribution is 6.33. The number of ether oxygens (including phenoxy) is 2. The number of carbonyl (C=O) groups is 1. The van der Waals surface area contributed by atoms with Crippen LogP contribution >= 0.6 is 23.2 Å². The molecule has 0 saturated heterocycles. The second-order valence-electron chi connectivity index (χ2n) is 5.65. The van der Waals surface area contributed by atoms with Gasteiger partial charge in [0, 0.05) is 6.42 Å². The highest BCUT2D eigenvalue weighted by atomic mass is 35.5. The van der Waals surface area contributed by atoms with Gasteiger partial charge in [0.15, 0.2) is 10.9 Å². The van der Waals surface area contributed by atoms with E-state index in [0.29, 0.717) is 35.7 Å². The number of rotatable bonds is 13. The predicted molar refractivity (Wildman–Crippen MR) is 97.9 cm³/mol. The molecule has 1 aromatic heterocycles. The number of nitrogens with zero attached hydrogens (tertiary/aromatic N) is 1. The van der Waals surface area contributed by atoms with Gasteiger partial charge in [0.05, 0.1) is 13.2 Å². The van der Waals surface area contributed by atoms with Crippen LogP contribution in [0.3, 0.4) is 0 Å². The van der Waals surface area contributed by atoms with Crippen LogP contribution in [0.25, 0.3) is 0 Å². The predicted octanol–water partition coefficient (Wildman–Crippen LogP) is 5.84. The zero-order valence-electron chi connectivity index (χ0n) is 14.4. The Balaban J connectivity index is 1.89. The van der Waals surface area contributed by atoms with Crippen molar-refractivity contribution in [3.8, 4) is 5.75 Å². The van der Waals surface area contributed by atoms with Crippen molar-refractivity contribution in [1.82, 2.24) is 4.98 Å². The van der Waals surface area contributed by atoms with E-state index >= 15 is 0 Å². The van der Waals surface area contributed by atoms with Crippen molar-refractivity contribution in [2.45, 2.75) is 64.7 Å². The standard InChI is InChI=1S/C18H27Cl2NO3/c1-2-23-17(22)11-9-7-5-3-4-6-8-10-14-24-15-12-13-16(19)21-18(15)20/h12-13H,2-11,14H2,1H3. The zero-order valence-corrected chi connectivity index (χ0v) is 15.9. The van der Waals surface area contributed by atoms with Crippen molar-refractivity contribution in [2.75, 3.05) is 13.2 Å². The molecule has 0 amide bonds. The Kier molecular flexibility index (Phi) is 11.7. The van der Waals surface area contributed by atoms with E-state index in [-0.39, 0.29) is 5.97 Å². The van der Waals surface area contributed by atoms with Crippen LogP contribution in [0.2, 0.25) is 10.3 Å². The molecule has 0 atom stereocenters. The van der Waals surface area contributed by atoms with Crippen molar-refractivity contribution >= 4 is 29.2 Å². The molecule has 0 radical (unpaired) electrons. The normalized spacial score (nSPS) is 10.6. The molecule has 0 unspecified atom stereocenters. The molecular formula is C18H27Cl2NO3. The van der Waals surface area contributed by atoms with Gasteiger partial charge in [-0.3, -0.25) is 4.79 Å². The lowest BCUT2D eigenvalue weighted by Gasteiger charge is -2.07. The molecule has 0 aliphatic heterocycles. The molecule has 0 N–H and O–H groups in total. The van der Waals surface area contributed by atoms with Gasteiger partial charge >= 0.3 is 5.97 Å². The summed E-state index contributed by atoms with van der Waals surface area (Å²) >= 11 is 11.7. The van der Waals surface area contributed by atoms with Crippen LogP contribution in [-0.4, -0.2) is 24.2 Å². The first-order valence-corrected chi connectivity index (χ1v) is 9.49. The largest absolute Gasteiger partial charge is 0.490 e. The van der Waals surface area contributed by atoms with Crippen LogP contribution in [0.1, 0.15) is 64.7 Å². The zero-order chi connectivity index (χ0) is 17.6. The van der Waals surface area contributed by atoms with Crippen molar-refractivity contribution in [2.24, 2.45) is 0 Å². The van der Waals surface area contributed by atoms with Crippen LogP contribution in [0.5, 0.6) is 5.75 Å². The van der Waals surface area contributed by atoms with Crippen LogP contribution in [0.15, 0.2) is 12.1 Å². The van der Waals surface area contributed by atoms with E-state index < -0.39 is 0 Å². The van der Waals surface area contributed by atoms with Gasteiger partial charge in [-0.05, 0) is 31.9 Å². The first-order valence-electron chi connectivity index (χ1n) is 8.74. The maximum atomic E-state index is 11.2. The second kappa shape index (κ2) is 13.3. The molecule has 136 valence electrons. The number of pyridine rings is 1. The van der Waals surface area contributed by atoms with Crippen LogP contribution in [-0.2, 0) is 9.53 Å². The second-order valence-corrected chi connectivity index (χ2v) is 6.40. The van der Waals surface area contributed by atoms with Gasteiger partial charge in [-0.1, -0.05) is 61.7 Å². The van der Waals surface area contributed by atoms with Crippen molar-refractivity contribution in [1.29, 1.82) is 0 Å². The third-order valence-electron chi connectivity index (χ3n) is 3.62. The number of carbonyl (C=O) groups excluding carboxylic acids is 1. The van der Waals surface area contributed by atoms with Gasteiger partial charge in [-0.15, -0.1) is 0 Å². The molecule has 0 aliphatic rings. The lowest BCUT2D eigenvalue weighted by molar-refractivity contribution is -0.143. The van der Waals surface area contributed by atoms with Gasteiger partial charge in [-0.2, -0.15) is 0 Å². The molecule has 0 aromatic carbocycles. The Bertz CT molecular complexity index is 483. The molecule has 0 aliphatic carbocycles. The summed E-state index contributed by atoms with van der Waals surface area (Å²) in [6, 6.07) is 3.42. The number of halogens is 2. The summed E-state index contributed by atoms with van der Waals surface area (Å²) in [5.41, 5.74) is 0. The topological polar surface area (TPSA) is 48.4 Å². The van der Waals surface area contributed by atoms with E-state index in [9.17, 15) is 4.79 Å². The summed E-state index contributed by atoms with van der Waals surface area (Å²) in [7, 11) is 0. The fourth-order valence-corrected chi connectivity index (χ4v) is 2.75. The van der Waals surface area contributed by atoms with Gasteiger partial charge in [0.25, 0.3) is 0 Å². The van der Waals surface area contributed by atoms with Crippen LogP contribution in [0.4, 0.5) is 0 Å². The first kappa shape index (κ1) is 21.0. The van der Waals surface area contributed by atoms with Crippen molar-refractivity contribution < 1.29 is 14.3 Å². The van der Waals surface area contributed by atoms with E-state index in [2.05, 4.69) is 4.98 Å². The Morgan fingerprint density at radius 1 is 1.00 bits per heavy atom. The van der Waals surface area contributed by atoms with E-state index in [1.165, 1.54) is 25.7 Å². The summed E-state index contributed by atoms with van der Waals surface area (Å²) in [6.45, 7) is 2.95. The quantitative estimate of drug-likeness (QED) is 0.246. The number of hydrogen-bond donors (Lipinski definition) is 0. The van der Waals surface area contributed by atoms with Crippen LogP contribution in [0, 0.1) is 0 Å². The maximum Gasteiger partial charge on any atom is 0.305 e. The Hall–Kier alpha value is -1.00. The Morgan fingerprint density at radius 2 is 1.62 bits per heavy atom. The third-order valence-corrected chi connectivity index (χ3v) is 4.10. The average molecular weight is 376 g/mol. The van der Waals surface area contributed by atoms with Crippen molar-refractivity contribution in [3.63, 3.8) is 0 Å². The van der Waals surface area contributed by atoms with E-state index in [0.717, 1.165) is 25.7 Å². The number of hydrogen-bond acceptors (Lipinski definition) is 4. The van der Waals surface area contributed by atoms with Crippen LogP contribution < -0.4 is 4.74 Å². The molecule has 1 rings (SSSR count). The molecule has 24 heavy (non-hydrogen) atoms. The van der Waals surface area contributed by atoms with E-state index in [1.54, 1.807) is 12.1 Å². The molecule has 0 bridgehead atoms. The first-order chi connectivity index (χ1) is 11.6. The fourth-order valence-electron chi connectivity index (χ4n) is 2.35. The molecule has 0 fully saturated rings. The minimum atomic E-state index is -0.0755. The summed E-state index contributed by atoms with van der Waals surface area (Å²) in [5.74, 6) is 0.510. The lowest BCUT2D eigenvalue weighted by atomic mass is 10.1. The number of unbranched alkanes of at least 4 members (excludes halogenated alkanes) is 7. The summed E-state index contributed by atoms with van der Waals surface area (Å²) in [5, 5.41) is 0.680. The Morgan fingerprint density at radius 3 is 2.25 bits per heavy atom. The SMILES string of the molecule is CCOC(=O)CCCCCCCCCCOc1ccc(Cl)nc1Cl. The van der Waals surface area contributed by atoms with Gasteiger partial charge < -0.3 is 9.47 Å². The van der Waals surface area contributed by atoms with Crippen molar-refractivity contribution in [3.05, 3.63) is 22.4 Å². The fraction of sp³-hybridized carbons (Fsp3) is 0.667. The highest BCUT2D eigenvalue weighted by Crippen LogP contribution is 2.24. The maximum absolute atomic E-state index is 11.2. The number of aromatic nitrogens is 1. The molecule has 0 spiro atoms. The highest BCUT2D eigenvalue weighted by Gasteiger charge is 2.03. The van der Waals surface area contributed by atoms with E-state index in [4.69, 9.17) is 32.7 Å². The summed E-state index contributed by atoms with van der Waals surface area (Å²) < 4.78 is 10.5. The minimum Gasteiger partial charge on any atom is -0.490 e. The minimum absolute atomic E-state index is 0.0755. The lowest BCUT2D eigenvalue weighted by Crippen LogP contribution is -2.03. The van der Waals surface area contributed by atoms with Gasteiger partial charge in [0.1, 0.15) is 5.15 Å². The molecule has 6 heteroatoms. The number of esters is 1. The Labute approximate surface area is 154 Å². The monoisotopic (exact) mass is 375 g/mol. The molecule has 0 saturated carbocycles. The summed E-state index contributed by atoms with van der Waals surface area (Å²) in [4.78, 5) is 15.1. The molecule has 4 nitrogen and oxygen atoms in total. The van der Waals surface area contributed by atoms with Gasteiger partial charge in [0.2, 0.25) is 0 Å². The average Bonchev–Trinajstić information content (AvgIpc) is 2.54. The third kappa shape index (κ3) is 9.99.